The predicted octanol–water partition coefficient (Wildman–Crippen LogP) is 6.03. The molecule has 0 spiro atoms. The Morgan fingerprint density at radius 3 is 2.50 bits per heavy atom. The van der Waals surface area contributed by atoms with Crippen molar-refractivity contribution in [1.29, 1.82) is 0 Å². The highest BCUT2D eigenvalue weighted by Gasteiger charge is 2.12. The second kappa shape index (κ2) is 11.6. The van der Waals surface area contributed by atoms with Crippen molar-refractivity contribution in [3.8, 4) is 22.6 Å². The van der Waals surface area contributed by atoms with Gasteiger partial charge < -0.3 is 14.6 Å². The van der Waals surface area contributed by atoms with Crippen LogP contribution in [0.5, 0.6) is 11.5 Å². The molecule has 152 valence electrons. The monoisotopic (exact) mass is 406 g/mol. The number of benzene rings is 2. The molecule has 1 N–H and O–H groups in total. The van der Waals surface area contributed by atoms with Gasteiger partial charge in [-0.25, -0.2) is 4.39 Å². The van der Waals surface area contributed by atoms with Crippen molar-refractivity contribution < 1.29 is 23.8 Å². The van der Waals surface area contributed by atoms with E-state index in [1.807, 2.05) is 38.1 Å². The Morgan fingerprint density at radius 1 is 1.07 bits per heavy atom. The lowest BCUT2D eigenvalue weighted by molar-refractivity contribution is -0.137. The van der Waals surface area contributed by atoms with Gasteiger partial charge in [0.1, 0.15) is 17.3 Å². The van der Waals surface area contributed by atoms with Gasteiger partial charge in [-0.15, -0.1) is 11.8 Å². The average molecular weight is 407 g/mol. The molecule has 2 aromatic rings. The first kappa shape index (κ1) is 22.1. The van der Waals surface area contributed by atoms with E-state index in [1.165, 1.54) is 17.8 Å². The van der Waals surface area contributed by atoms with E-state index >= 15 is 0 Å². The number of halogens is 1. The molecular weight excluding hydrogens is 379 g/mol. The largest absolute Gasteiger partial charge is 0.493 e. The van der Waals surface area contributed by atoms with Gasteiger partial charge in [-0.3, -0.25) is 4.79 Å². The summed E-state index contributed by atoms with van der Waals surface area (Å²) >= 11 is 1.33. The molecule has 2 aromatic carbocycles. The molecule has 2 rings (SSSR count). The van der Waals surface area contributed by atoms with Gasteiger partial charge >= 0.3 is 5.97 Å². The number of ether oxygens (including phenoxy) is 2. The number of carbonyl (C=O) groups is 1. The van der Waals surface area contributed by atoms with Gasteiger partial charge in [0.25, 0.3) is 0 Å². The number of thioether (sulfide) groups is 1. The number of hydrogen-bond acceptors (Lipinski definition) is 4. The topological polar surface area (TPSA) is 55.8 Å². The van der Waals surface area contributed by atoms with E-state index in [9.17, 15) is 9.18 Å². The van der Waals surface area contributed by atoms with Crippen LogP contribution in [-0.4, -0.2) is 30.0 Å². The molecular formula is C22H27FO4S. The molecule has 0 aliphatic heterocycles. The maximum Gasteiger partial charge on any atom is 0.303 e. The van der Waals surface area contributed by atoms with Crippen molar-refractivity contribution >= 4 is 17.7 Å². The van der Waals surface area contributed by atoms with Crippen molar-refractivity contribution in [2.75, 3.05) is 19.0 Å². The highest BCUT2D eigenvalue weighted by Crippen LogP contribution is 2.36. The van der Waals surface area contributed by atoms with Gasteiger partial charge in [0, 0.05) is 22.9 Å². The van der Waals surface area contributed by atoms with Crippen molar-refractivity contribution in [1.82, 2.24) is 0 Å². The van der Waals surface area contributed by atoms with E-state index < -0.39 is 5.97 Å². The third kappa shape index (κ3) is 6.75. The van der Waals surface area contributed by atoms with Gasteiger partial charge in [-0.1, -0.05) is 19.9 Å². The van der Waals surface area contributed by atoms with E-state index in [1.54, 1.807) is 6.07 Å². The number of carboxylic acids is 1. The van der Waals surface area contributed by atoms with Crippen LogP contribution in [0.4, 0.5) is 4.39 Å². The number of hydrogen-bond donors (Lipinski definition) is 1. The van der Waals surface area contributed by atoms with E-state index in [4.69, 9.17) is 14.6 Å². The maximum atomic E-state index is 14.5. The summed E-state index contributed by atoms with van der Waals surface area (Å²) in [6.07, 6.45) is 2.40. The van der Waals surface area contributed by atoms with Crippen LogP contribution in [0.1, 0.15) is 39.5 Å². The van der Waals surface area contributed by atoms with Crippen LogP contribution in [0.2, 0.25) is 0 Å². The van der Waals surface area contributed by atoms with Crippen molar-refractivity contribution in [3.05, 3.63) is 42.2 Å². The molecule has 0 atom stereocenters. The number of carboxylic acid groups (broad SMARTS) is 1. The summed E-state index contributed by atoms with van der Waals surface area (Å²) in [4.78, 5) is 11.1. The first-order valence-corrected chi connectivity index (χ1v) is 10.6. The summed E-state index contributed by atoms with van der Waals surface area (Å²) in [5.74, 6) is 0.837. The van der Waals surface area contributed by atoms with Gasteiger partial charge in [-0.2, -0.15) is 0 Å². The third-order valence-corrected chi connectivity index (χ3v) is 5.06. The van der Waals surface area contributed by atoms with Crippen LogP contribution in [0, 0.1) is 5.82 Å². The van der Waals surface area contributed by atoms with Gasteiger partial charge in [0.15, 0.2) is 0 Å². The molecule has 0 saturated carbocycles. The zero-order chi connectivity index (χ0) is 20.4. The molecule has 4 nitrogen and oxygen atoms in total. The fourth-order valence-electron chi connectivity index (χ4n) is 2.57. The summed E-state index contributed by atoms with van der Waals surface area (Å²) in [5, 5.41) is 8.68. The number of rotatable bonds is 12. The highest BCUT2D eigenvalue weighted by atomic mass is 32.2. The van der Waals surface area contributed by atoms with E-state index in [2.05, 4.69) is 0 Å². The number of aliphatic carboxylic acids is 1. The maximum absolute atomic E-state index is 14.5. The summed E-state index contributed by atoms with van der Waals surface area (Å²) in [7, 11) is 0. The second-order valence-electron chi connectivity index (χ2n) is 6.35. The molecule has 6 heteroatoms. The Hall–Kier alpha value is -2.21. The van der Waals surface area contributed by atoms with E-state index in [-0.39, 0.29) is 12.2 Å². The van der Waals surface area contributed by atoms with E-state index in [0.29, 0.717) is 36.0 Å². The highest BCUT2D eigenvalue weighted by molar-refractivity contribution is 7.99. The van der Waals surface area contributed by atoms with Crippen LogP contribution in [0.15, 0.2) is 41.3 Å². The zero-order valence-electron chi connectivity index (χ0n) is 16.4. The standard InChI is InChI=1S/C22H27FO4S/c1-3-11-26-17-8-9-18(20(15-17)27-12-4-2)16-7-10-21(19(23)14-16)28-13-5-6-22(24)25/h7-10,14-15H,3-6,11-13H2,1-2H3,(H,24,25). The lowest BCUT2D eigenvalue weighted by Crippen LogP contribution is -2.00. The molecule has 0 amide bonds. The Labute approximate surface area is 170 Å². The van der Waals surface area contributed by atoms with Crippen LogP contribution in [-0.2, 0) is 4.79 Å². The smallest absolute Gasteiger partial charge is 0.303 e. The molecule has 0 aliphatic rings. The molecule has 0 fully saturated rings. The first-order chi connectivity index (χ1) is 13.5. The summed E-state index contributed by atoms with van der Waals surface area (Å²) in [6.45, 7) is 5.29. The lowest BCUT2D eigenvalue weighted by atomic mass is 10.0. The van der Waals surface area contributed by atoms with E-state index in [0.717, 1.165) is 29.7 Å². The van der Waals surface area contributed by atoms with Crippen molar-refractivity contribution in [2.24, 2.45) is 0 Å². The summed E-state index contributed by atoms with van der Waals surface area (Å²) < 4.78 is 26.1. The van der Waals surface area contributed by atoms with Crippen molar-refractivity contribution in [2.45, 2.75) is 44.4 Å². The normalized spacial score (nSPS) is 10.7. The molecule has 28 heavy (non-hydrogen) atoms. The quantitative estimate of drug-likeness (QED) is 0.345. The molecule has 0 bridgehead atoms. The van der Waals surface area contributed by atoms with Gasteiger partial charge in [-0.05, 0) is 54.8 Å². The van der Waals surface area contributed by atoms with Crippen molar-refractivity contribution in [3.63, 3.8) is 0 Å². The minimum absolute atomic E-state index is 0.0945. The minimum Gasteiger partial charge on any atom is -0.493 e. The second-order valence-corrected chi connectivity index (χ2v) is 7.48. The first-order valence-electron chi connectivity index (χ1n) is 9.59. The summed E-state index contributed by atoms with van der Waals surface area (Å²) in [5.41, 5.74) is 1.55. The van der Waals surface area contributed by atoms with Crippen LogP contribution >= 0.6 is 11.8 Å². The molecule has 0 aliphatic carbocycles. The zero-order valence-corrected chi connectivity index (χ0v) is 17.2. The van der Waals surface area contributed by atoms with Crippen LogP contribution < -0.4 is 9.47 Å². The fourth-order valence-corrected chi connectivity index (χ4v) is 3.44. The van der Waals surface area contributed by atoms with Gasteiger partial charge in [0.2, 0.25) is 0 Å². The predicted molar refractivity (Wildman–Crippen MR) is 111 cm³/mol. The Kier molecular flexibility index (Phi) is 9.14. The summed E-state index contributed by atoms with van der Waals surface area (Å²) in [6, 6.07) is 10.7. The fraction of sp³-hybridized carbons (Fsp3) is 0.409. The molecule has 0 unspecified atom stereocenters. The molecule has 0 radical (unpaired) electrons. The van der Waals surface area contributed by atoms with Gasteiger partial charge in [0.05, 0.1) is 13.2 Å². The molecule has 0 heterocycles. The lowest BCUT2D eigenvalue weighted by Gasteiger charge is -2.14. The average Bonchev–Trinajstić information content (AvgIpc) is 2.68. The minimum atomic E-state index is -0.831. The van der Waals surface area contributed by atoms with Crippen LogP contribution in [0.3, 0.4) is 0 Å². The Balaban J connectivity index is 2.18. The van der Waals surface area contributed by atoms with Crippen LogP contribution in [0.25, 0.3) is 11.1 Å². The Morgan fingerprint density at radius 2 is 1.82 bits per heavy atom. The molecule has 0 saturated heterocycles. The Bertz CT molecular complexity index is 779. The SMILES string of the molecule is CCCOc1ccc(-c2ccc(SCCCC(=O)O)c(F)c2)c(OCCC)c1. The molecule has 0 aromatic heterocycles. The third-order valence-electron chi connectivity index (χ3n) is 3.92.